The largest absolute Gasteiger partial charge is 0.480 e. The van der Waals surface area contributed by atoms with Gasteiger partial charge in [-0.25, -0.2) is 5.90 Å². The van der Waals surface area contributed by atoms with E-state index in [2.05, 4.69) is 5.90 Å². The second-order valence-electron chi connectivity index (χ2n) is 1.73. The van der Waals surface area contributed by atoms with Crippen molar-refractivity contribution in [2.45, 2.75) is 12.5 Å². The highest BCUT2D eigenvalue weighted by atomic mass is 32.2. The maximum atomic E-state index is 10.1. The van der Waals surface area contributed by atoms with Crippen molar-refractivity contribution in [3.8, 4) is 0 Å². The van der Waals surface area contributed by atoms with Gasteiger partial charge in [0.05, 0.1) is 0 Å². The first-order valence-electron chi connectivity index (χ1n) is 2.91. The lowest BCUT2D eigenvalue weighted by Crippen LogP contribution is -2.30. The van der Waals surface area contributed by atoms with Gasteiger partial charge in [0.15, 0.2) is 0 Å². The molecule has 0 aromatic heterocycles. The van der Waals surface area contributed by atoms with E-state index < -0.39 is 12.0 Å². The van der Waals surface area contributed by atoms with Crippen LogP contribution in [0.4, 0.5) is 0 Å². The Morgan fingerprint density at radius 2 is 2.09 bits per heavy atom. The van der Waals surface area contributed by atoms with Gasteiger partial charge < -0.3 is 16.0 Å². The van der Waals surface area contributed by atoms with E-state index in [1.165, 1.54) is 0 Å². The normalized spacial score (nSPS) is 11.3. The Balaban J connectivity index is 0. The summed E-state index contributed by atoms with van der Waals surface area (Å²) in [4.78, 5) is 10.1. The molecule has 0 saturated heterocycles. The van der Waals surface area contributed by atoms with E-state index in [-0.39, 0.29) is 0 Å². The number of hydrogen-bond acceptors (Lipinski definition) is 5. The Bertz CT molecular complexity index is 102. The van der Waals surface area contributed by atoms with Crippen LogP contribution < -0.4 is 11.6 Å². The fourth-order valence-corrected chi connectivity index (χ4v) is 0.858. The second kappa shape index (κ2) is 9.70. The van der Waals surface area contributed by atoms with E-state index in [1.54, 1.807) is 11.8 Å². The van der Waals surface area contributed by atoms with Crippen LogP contribution in [0, 0.1) is 0 Å². The standard InChI is InChI=1S/C5H11NO2S.H3NO/c1-9-3-2-4(6)5(7)8;1-2/h4H,2-3,6H2,1H3,(H,7,8);2H,1H2. The average Bonchev–Trinajstić information content (AvgIpc) is 2.03. The SMILES string of the molecule is CSCCC(N)C(=O)O.NO. The molecule has 68 valence electrons. The minimum atomic E-state index is -0.913. The quantitative estimate of drug-likeness (QED) is 0.436. The molecule has 0 spiro atoms. The number of aliphatic carboxylic acids is 1. The molecule has 1 atom stereocenters. The third-order valence-electron chi connectivity index (χ3n) is 0.950. The minimum absolute atomic E-state index is 0.552. The lowest BCUT2D eigenvalue weighted by Gasteiger charge is -2.02. The molecular weight excluding hydrogens is 168 g/mol. The molecule has 0 rings (SSSR count). The molecule has 1 unspecified atom stereocenters. The molecule has 0 fully saturated rings. The number of rotatable bonds is 4. The summed E-state index contributed by atoms with van der Waals surface area (Å²) in [6, 6.07) is -0.683. The van der Waals surface area contributed by atoms with Crippen molar-refractivity contribution in [1.82, 2.24) is 0 Å². The van der Waals surface area contributed by atoms with Gasteiger partial charge in [0, 0.05) is 0 Å². The molecule has 6 heteroatoms. The lowest BCUT2D eigenvalue weighted by molar-refractivity contribution is -0.138. The van der Waals surface area contributed by atoms with Crippen LogP contribution in [-0.2, 0) is 4.79 Å². The number of nitrogens with two attached hydrogens (primary N) is 2. The highest BCUT2D eigenvalue weighted by molar-refractivity contribution is 7.98. The summed E-state index contributed by atoms with van der Waals surface area (Å²) in [6.07, 6.45) is 2.48. The molecule has 0 heterocycles. The predicted octanol–water partition coefficient (Wildman–Crippen LogP) is -0.514. The number of carbonyl (C=O) groups is 1. The van der Waals surface area contributed by atoms with Gasteiger partial charge in [0.25, 0.3) is 0 Å². The summed E-state index contributed by atoms with van der Waals surface area (Å²) < 4.78 is 0. The molecule has 0 aliphatic carbocycles. The first-order chi connectivity index (χ1) is 5.18. The van der Waals surface area contributed by atoms with Crippen molar-refractivity contribution in [2.24, 2.45) is 11.6 Å². The maximum absolute atomic E-state index is 10.1. The van der Waals surface area contributed by atoms with Crippen molar-refractivity contribution in [1.29, 1.82) is 0 Å². The van der Waals surface area contributed by atoms with Gasteiger partial charge in [-0.1, -0.05) is 0 Å². The molecule has 0 radical (unpaired) electrons. The fourth-order valence-electron chi connectivity index (χ4n) is 0.368. The summed E-state index contributed by atoms with van der Waals surface area (Å²) >= 11 is 1.60. The van der Waals surface area contributed by atoms with E-state index in [4.69, 9.17) is 16.0 Å². The Morgan fingerprint density at radius 1 is 1.64 bits per heavy atom. The Kier molecular flexibility index (Phi) is 11.7. The number of carboxylic acids is 1. The molecular formula is C5H14N2O3S. The molecule has 11 heavy (non-hydrogen) atoms. The number of carboxylic acid groups (broad SMARTS) is 1. The van der Waals surface area contributed by atoms with E-state index >= 15 is 0 Å². The highest BCUT2D eigenvalue weighted by Crippen LogP contribution is 1.97. The van der Waals surface area contributed by atoms with Crippen molar-refractivity contribution >= 4 is 17.7 Å². The highest BCUT2D eigenvalue weighted by Gasteiger charge is 2.08. The van der Waals surface area contributed by atoms with Crippen LogP contribution in [0.1, 0.15) is 6.42 Å². The third-order valence-corrected chi connectivity index (χ3v) is 1.59. The predicted molar refractivity (Wildman–Crippen MR) is 44.6 cm³/mol. The van der Waals surface area contributed by atoms with Crippen LogP contribution in [0.2, 0.25) is 0 Å². The van der Waals surface area contributed by atoms with E-state index in [0.717, 1.165) is 5.75 Å². The summed E-state index contributed by atoms with van der Waals surface area (Å²) in [6.45, 7) is 0. The van der Waals surface area contributed by atoms with Crippen LogP contribution in [0.5, 0.6) is 0 Å². The first kappa shape index (κ1) is 13.3. The Labute approximate surface area is 69.7 Å². The van der Waals surface area contributed by atoms with E-state index in [1.807, 2.05) is 6.26 Å². The Morgan fingerprint density at radius 3 is 2.36 bits per heavy atom. The van der Waals surface area contributed by atoms with Gasteiger partial charge in [-0.3, -0.25) is 4.79 Å². The van der Waals surface area contributed by atoms with Gasteiger partial charge in [0.2, 0.25) is 0 Å². The summed E-state index contributed by atoms with van der Waals surface area (Å²) in [5.41, 5.74) is 5.19. The van der Waals surface area contributed by atoms with Crippen LogP contribution in [0.15, 0.2) is 0 Å². The summed E-state index contributed by atoms with van der Waals surface area (Å²) in [7, 11) is 0. The molecule has 0 amide bonds. The molecule has 0 aromatic rings. The summed E-state index contributed by atoms with van der Waals surface area (Å²) in [5, 5.41) is 14.8. The molecule has 0 bridgehead atoms. The molecule has 6 N–H and O–H groups in total. The van der Waals surface area contributed by atoms with E-state index in [0.29, 0.717) is 6.42 Å². The van der Waals surface area contributed by atoms with Crippen LogP contribution in [-0.4, -0.2) is 34.3 Å². The van der Waals surface area contributed by atoms with Gasteiger partial charge in [0.1, 0.15) is 6.04 Å². The van der Waals surface area contributed by atoms with Crippen LogP contribution in [0.3, 0.4) is 0 Å². The number of thioether (sulfide) groups is 1. The van der Waals surface area contributed by atoms with Crippen molar-refractivity contribution in [3.63, 3.8) is 0 Å². The monoisotopic (exact) mass is 182 g/mol. The Hall–Kier alpha value is -0.300. The molecule has 5 nitrogen and oxygen atoms in total. The zero-order valence-electron chi connectivity index (χ0n) is 6.36. The lowest BCUT2D eigenvalue weighted by atomic mass is 10.2. The topological polar surface area (TPSA) is 110 Å². The molecule has 0 aromatic carbocycles. The van der Waals surface area contributed by atoms with E-state index in [9.17, 15) is 4.79 Å². The molecule has 0 aliphatic rings. The zero-order chi connectivity index (χ0) is 9.28. The summed E-state index contributed by atoms with van der Waals surface area (Å²) in [5.74, 6) is 3.40. The van der Waals surface area contributed by atoms with Crippen LogP contribution >= 0.6 is 11.8 Å². The maximum Gasteiger partial charge on any atom is 0.320 e. The fraction of sp³-hybridized carbons (Fsp3) is 0.800. The second-order valence-corrected chi connectivity index (χ2v) is 2.71. The van der Waals surface area contributed by atoms with Gasteiger partial charge in [-0.15, -0.1) is 0 Å². The third kappa shape index (κ3) is 9.70. The smallest absolute Gasteiger partial charge is 0.320 e. The van der Waals surface area contributed by atoms with Crippen molar-refractivity contribution in [3.05, 3.63) is 0 Å². The average molecular weight is 182 g/mol. The zero-order valence-corrected chi connectivity index (χ0v) is 7.17. The van der Waals surface area contributed by atoms with Crippen molar-refractivity contribution in [2.75, 3.05) is 12.0 Å². The van der Waals surface area contributed by atoms with Crippen molar-refractivity contribution < 1.29 is 15.1 Å². The van der Waals surface area contributed by atoms with Crippen LogP contribution in [0.25, 0.3) is 0 Å². The molecule has 0 saturated carbocycles. The van der Waals surface area contributed by atoms with Gasteiger partial charge >= 0.3 is 5.97 Å². The first-order valence-corrected chi connectivity index (χ1v) is 4.31. The van der Waals surface area contributed by atoms with Gasteiger partial charge in [-0.05, 0) is 18.4 Å². The van der Waals surface area contributed by atoms with Gasteiger partial charge in [-0.2, -0.15) is 11.8 Å². The number of hydrogen-bond donors (Lipinski definition) is 4. The molecule has 0 aliphatic heterocycles. The minimum Gasteiger partial charge on any atom is -0.480 e.